The molecule has 0 bridgehead atoms. The van der Waals surface area contributed by atoms with Gasteiger partial charge in [-0.3, -0.25) is 0 Å². The topological polar surface area (TPSA) is 91.6 Å². The molecule has 0 saturated carbocycles. The standard InChI is InChI=1S/C25H31N7O/c1-31-12-14-32(15-13-31)20-5-3-19(4-6-20)29-25-28-11-9-23(30-25)18-2-7-24(22(26)16-18)33-21-8-10-27-17-21/h2-7,9,11,16,21,27H,8,10,12-15,17,26H2,1H3,(H,28,29,30). The lowest BCUT2D eigenvalue weighted by atomic mass is 10.1. The molecule has 2 saturated heterocycles. The maximum Gasteiger partial charge on any atom is 0.227 e. The van der Waals surface area contributed by atoms with Crippen LogP contribution in [0.2, 0.25) is 0 Å². The van der Waals surface area contributed by atoms with Gasteiger partial charge in [0.1, 0.15) is 11.9 Å². The molecular formula is C25H31N7O. The van der Waals surface area contributed by atoms with Gasteiger partial charge in [0.15, 0.2) is 0 Å². The van der Waals surface area contributed by atoms with Gasteiger partial charge in [-0.15, -0.1) is 0 Å². The Morgan fingerprint density at radius 1 is 1.06 bits per heavy atom. The molecule has 5 rings (SSSR count). The molecule has 1 atom stereocenters. The van der Waals surface area contributed by atoms with E-state index in [0.29, 0.717) is 11.6 Å². The summed E-state index contributed by atoms with van der Waals surface area (Å²) in [5.74, 6) is 1.27. The van der Waals surface area contributed by atoms with Crippen LogP contribution in [0.15, 0.2) is 54.7 Å². The van der Waals surface area contributed by atoms with E-state index >= 15 is 0 Å². The van der Waals surface area contributed by atoms with Crippen LogP contribution >= 0.6 is 0 Å². The van der Waals surface area contributed by atoms with E-state index < -0.39 is 0 Å². The number of piperazine rings is 1. The van der Waals surface area contributed by atoms with E-state index in [9.17, 15) is 0 Å². The molecule has 1 aromatic heterocycles. The number of nitrogens with zero attached hydrogens (tertiary/aromatic N) is 4. The summed E-state index contributed by atoms with van der Waals surface area (Å²) >= 11 is 0. The summed E-state index contributed by atoms with van der Waals surface area (Å²) in [5.41, 5.74) is 10.8. The maximum atomic E-state index is 6.27. The summed E-state index contributed by atoms with van der Waals surface area (Å²) in [7, 11) is 2.17. The number of likely N-dealkylation sites (N-methyl/N-ethyl adjacent to an activating group) is 1. The van der Waals surface area contributed by atoms with E-state index in [0.717, 1.165) is 68.4 Å². The van der Waals surface area contributed by atoms with Gasteiger partial charge in [0.05, 0.1) is 11.4 Å². The molecule has 8 heteroatoms. The van der Waals surface area contributed by atoms with Crippen molar-refractivity contribution in [2.45, 2.75) is 12.5 Å². The second-order valence-electron chi connectivity index (χ2n) is 8.71. The summed E-state index contributed by atoms with van der Waals surface area (Å²) in [6.45, 7) is 6.14. The third-order valence-electron chi connectivity index (χ3n) is 6.26. The molecule has 172 valence electrons. The average molecular weight is 446 g/mol. The summed E-state index contributed by atoms with van der Waals surface area (Å²) in [4.78, 5) is 13.9. The highest BCUT2D eigenvalue weighted by atomic mass is 16.5. The van der Waals surface area contributed by atoms with E-state index in [1.165, 1.54) is 5.69 Å². The lowest BCUT2D eigenvalue weighted by molar-refractivity contribution is 0.224. The fraction of sp³-hybridized carbons (Fsp3) is 0.360. The van der Waals surface area contributed by atoms with Crippen LogP contribution < -0.4 is 26.0 Å². The lowest BCUT2D eigenvalue weighted by Crippen LogP contribution is -2.44. The highest BCUT2D eigenvalue weighted by molar-refractivity contribution is 5.69. The van der Waals surface area contributed by atoms with Crippen LogP contribution in [0, 0.1) is 0 Å². The molecule has 3 aromatic rings. The van der Waals surface area contributed by atoms with Crippen LogP contribution in [0.4, 0.5) is 23.0 Å². The third kappa shape index (κ3) is 5.18. The largest absolute Gasteiger partial charge is 0.487 e. The third-order valence-corrected chi connectivity index (χ3v) is 6.26. The van der Waals surface area contributed by atoms with Crippen molar-refractivity contribution in [3.05, 3.63) is 54.7 Å². The van der Waals surface area contributed by atoms with Crippen LogP contribution in [0.25, 0.3) is 11.3 Å². The fourth-order valence-corrected chi connectivity index (χ4v) is 4.25. The van der Waals surface area contributed by atoms with Crippen molar-refractivity contribution < 1.29 is 4.74 Å². The summed E-state index contributed by atoms with van der Waals surface area (Å²) in [5, 5.41) is 6.62. The number of anilines is 4. The minimum atomic E-state index is 0.177. The van der Waals surface area contributed by atoms with Crippen LogP contribution in [-0.4, -0.2) is 67.3 Å². The highest BCUT2D eigenvalue weighted by Crippen LogP contribution is 2.29. The zero-order valence-corrected chi connectivity index (χ0v) is 19.0. The SMILES string of the molecule is CN1CCN(c2ccc(Nc3nccc(-c4ccc(OC5CCNC5)c(N)c4)n3)cc2)CC1. The number of hydrogen-bond donors (Lipinski definition) is 3. The number of aromatic nitrogens is 2. The molecule has 3 heterocycles. The van der Waals surface area contributed by atoms with Crippen molar-refractivity contribution in [3.8, 4) is 17.0 Å². The van der Waals surface area contributed by atoms with Gasteiger partial charge in [-0.25, -0.2) is 9.97 Å². The number of ether oxygens (including phenoxy) is 1. The fourth-order valence-electron chi connectivity index (χ4n) is 4.25. The van der Waals surface area contributed by atoms with Crippen LogP contribution in [0.1, 0.15) is 6.42 Å². The molecule has 2 aliphatic heterocycles. The normalized spacial score (nSPS) is 18.9. The summed E-state index contributed by atoms with van der Waals surface area (Å²) in [6, 6.07) is 16.2. The first-order valence-corrected chi connectivity index (χ1v) is 11.5. The number of rotatable bonds is 6. The minimum Gasteiger partial charge on any atom is -0.487 e. The van der Waals surface area contributed by atoms with Gasteiger partial charge in [-0.05, 0) is 68.5 Å². The zero-order chi connectivity index (χ0) is 22.6. The molecule has 0 aliphatic carbocycles. The predicted molar refractivity (Wildman–Crippen MR) is 133 cm³/mol. The monoisotopic (exact) mass is 445 g/mol. The first kappa shape index (κ1) is 21.5. The molecule has 4 N–H and O–H groups in total. The Morgan fingerprint density at radius 2 is 1.88 bits per heavy atom. The maximum absolute atomic E-state index is 6.27. The van der Waals surface area contributed by atoms with Crippen molar-refractivity contribution in [1.82, 2.24) is 20.2 Å². The van der Waals surface area contributed by atoms with Gasteiger partial charge >= 0.3 is 0 Å². The number of nitrogens with one attached hydrogen (secondary N) is 2. The Hall–Kier alpha value is -3.36. The summed E-state index contributed by atoms with van der Waals surface area (Å²) in [6.07, 6.45) is 2.93. The molecule has 8 nitrogen and oxygen atoms in total. The van der Waals surface area contributed by atoms with Crippen molar-refractivity contribution in [2.75, 3.05) is 62.3 Å². The first-order valence-electron chi connectivity index (χ1n) is 11.5. The van der Waals surface area contributed by atoms with E-state index in [1.807, 2.05) is 24.3 Å². The molecule has 0 radical (unpaired) electrons. The number of nitrogen functional groups attached to an aromatic ring is 1. The molecule has 2 aromatic carbocycles. The van der Waals surface area contributed by atoms with E-state index in [4.69, 9.17) is 10.5 Å². The Labute approximate surface area is 194 Å². The number of benzene rings is 2. The van der Waals surface area contributed by atoms with Gasteiger partial charge < -0.3 is 30.9 Å². The molecule has 1 unspecified atom stereocenters. The van der Waals surface area contributed by atoms with Crippen LogP contribution in [0.3, 0.4) is 0 Å². The Balaban J connectivity index is 1.26. The van der Waals surface area contributed by atoms with Crippen LogP contribution in [0.5, 0.6) is 5.75 Å². The highest BCUT2D eigenvalue weighted by Gasteiger charge is 2.17. The van der Waals surface area contributed by atoms with E-state index in [2.05, 4.69) is 61.7 Å². The predicted octanol–water partition coefficient (Wildman–Crippen LogP) is 2.96. The molecule has 2 fully saturated rings. The Bertz CT molecular complexity index is 1070. The molecule has 33 heavy (non-hydrogen) atoms. The van der Waals surface area contributed by atoms with Gasteiger partial charge in [0.2, 0.25) is 5.95 Å². The average Bonchev–Trinajstić information content (AvgIpc) is 3.35. The van der Waals surface area contributed by atoms with Gasteiger partial charge in [-0.1, -0.05) is 0 Å². The Kier molecular flexibility index (Phi) is 6.28. The molecule has 0 spiro atoms. The summed E-state index contributed by atoms with van der Waals surface area (Å²) < 4.78 is 6.02. The van der Waals surface area contributed by atoms with Gasteiger partial charge in [0, 0.05) is 55.9 Å². The van der Waals surface area contributed by atoms with E-state index in [-0.39, 0.29) is 6.10 Å². The minimum absolute atomic E-state index is 0.177. The Morgan fingerprint density at radius 3 is 2.61 bits per heavy atom. The quantitative estimate of drug-likeness (QED) is 0.499. The van der Waals surface area contributed by atoms with E-state index in [1.54, 1.807) is 6.20 Å². The van der Waals surface area contributed by atoms with Crippen molar-refractivity contribution >= 4 is 23.0 Å². The van der Waals surface area contributed by atoms with Crippen LogP contribution in [-0.2, 0) is 0 Å². The zero-order valence-electron chi connectivity index (χ0n) is 19.0. The smallest absolute Gasteiger partial charge is 0.227 e. The second kappa shape index (κ2) is 9.64. The molecule has 2 aliphatic rings. The molecular weight excluding hydrogens is 414 g/mol. The lowest BCUT2D eigenvalue weighted by Gasteiger charge is -2.34. The first-order chi connectivity index (χ1) is 16.1. The number of nitrogens with two attached hydrogens (primary N) is 1. The van der Waals surface area contributed by atoms with Crippen molar-refractivity contribution in [2.24, 2.45) is 0 Å². The van der Waals surface area contributed by atoms with Crippen molar-refractivity contribution in [3.63, 3.8) is 0 Å². The number of hydrogen-bond acceptors (Lipinski definition) is 8. The second-order valence-corrected chi connectivity index (χ2v) is 8.71. The molecule has 0 amide bonds. The van der Waals surface area contributed by atoms with Gasteiger partial charge in [-0.2, -0.15) is 0 Å². The van der Waals surface area contributed by atoms with Crippen molar-refractivity contribution in [1.29, 1.82) is 0 Å². The van der Waals surface area contributed by atoms with Gasteiger partial charge in [0.25, 0.3) is 0 Å².